The second kappa shape index (κ2) is 44.3. The van der Waals surface area contributed by atoms with Crippen LogP contribution in [-0.4, -0.2) is 56.0 Å². The Morgan fingerprint density at radius 2 is 0.679 bits per heavy atom. The number of carbonyl (C=O) groups excluding carboxylic acids is 5. The second-order valence-electron chi connectivity index (χ2n) is 3.79. The van der Waals surface area contributed by atoms with Crippen LogP contribution in [0.4, 0.5) is 0 Å². The summed E-state index contributed by atoms with van der Waals surface area (Å²) in [6, 6.07) is 0. The summed E-state index contributed by atoms with van der Waals surface area (Å²) in [6.07, 6.45) is 0. The monoisotopic (exact) mass is 454 g/mol. The number of hydrogen-bond acceptors (Lipinski definition) is 13. The molecule has 0 saturated carbocycles. The maximum absolute atomic E-state index is 8.89. The van der Waals surface area contributed by atoms with Crippen LogP contribution in [-0.2, 0) is 41.0 Å². The van der Waals surface area contributed by atoms with Gasteiger partial charge >= 0.3 is 17.1 Å². The molecule has 0 heterocycles. The summed E-state index contributed by atoms with van der Waals surface area (Å²) in [6.45, 7) is 7.99. The van der Waals surface area contributed by atoms with E-state index in [0.29, 0.717) is 13.1 Å². The van der Waals surface area contributed by atoms with E-state index in [1.54, 1.807) is 0 Å². The summed E-state index contributed by atoms with van der Waals surface area (Å²) in [5.41, 5.74) is 10.3. The Bertz CT molecular complexity index is 289. The van der Waals surface area contributed by atoms with E-state index in [-0.39, 0.29) is 17.1 Å². The Morgan fingerprint density at radius 1 is 0.571 bits per heavy atom. The first kappa shape index (κ1) is 44.9. The van der Waals surface area contributed by atoms with Crippen molar-refractivity contribution in [1.82, 2.24) is 5.32 Å². The van der Waals surface area contributed by atoms with Gasteiger partial charge in [0.15, 0.2) is 0 Å². The Labute approximate surface area is 174 Å². The third kappa shape index (κ3) is 4020. The molecule has 0 aliphatic heterocycles. The number of carboxylic acid groups (broad SMARTS) is 5. The molecule has 13 nitrogen and oxygen atoms in total. The van der Waals surface area contributed by atoms with Gasteiger partial charge < -0.3 is 66.3 Å². The van der Waals surface area contributed by atoms with Crippen LogP contribution in [0.2, 0.25) is 0 Å². The fourth-order valence-electron chi connectivity index (χ4n) is 0.329. The van der Waals surface area contributed by atoms with E-state index in [2.05, 4.69) is 5.32 Å². The first-order chi connectivity index (χ1) is 12.1. The van der Waals surface area contributed by atoms with Crippen molar-refractivity contribution in [2.75, 3.05) is 26.2 Å². The zero-order valence-electron chi connectivity index (χ0n) is 16.4. The minimum absolute atomic E-state index is 0. The summed E-state index contributed by atoms with van der Waals surface area (Å²) >= 11 is 0. The van der Waals surface area contributed by atoms with Gasteiger partial charge in [-0.3, -0.25) is 0 Å². The van der Waals surface area contributed by atoms with Gasteiger partial charge in [0.05, 0.1) is 0 Å². The van der Waals surface area contributed by atoms with E-state index >= 15 is 0 Å². The van der Waals surface area contributed by atoms with Gasteiger partial charge in [-0.2, -0.15) is 0 Å². The van der Waals surface area contributed by atoms with Crippen LogP contribution in [0.1, 0.15) is 34.6 Å². The van der Waals surface area contributed by atoms with E-state index in [1.165, 1.54) is 0 Å². The van der Waals surface area contributed by atoms with Crippen molar-refractivity contribution in [1.29, 1.82) is 0 Å². The van der Waals surface area contributed by atoms with Gasteiger partial charge in [0.2, 0.25) is 0 Å². The molecule has 0 aromatic rings. The molecule has 0 spiro atoms. The third-order valence-corrected chi connectivity index (χ3v) is 0.642. The molecule has 0 aromatic heterocycles. The molecule has 5 N–H and O–H groups in total. The van der Waals surface area contributed by atoms with Crippen molar-refractivity contribution < 1.29 is 66.6 Å². The molecule has 0 bridgehead atoms. The first-order valence-corrected chi connectivity index (χ1v) is 7.06. The molecule has 0 amide bonds. The van der Waals surface area contributed by atoms with Crippen LogP contribution in [0.15, 0.2) is 0 Å². The van der Waals surface area contributed by atoms with Gasteiger partial charge in [0, 0.05) is 56.0 Å². The van der Waals surface area contributed by atoms with Crippen LogP contribution >= 0.6 is 0 Å². The third-order valence-electron chi connectivity index (χ3n) is 0.642. The zero-order valence-corrected chi connectivity index (χ0v) is 17.5. The number of nitrogens with one attached hydrogen (secondary N) is 1. The van der Waals surface area contributed by atoms with Gasteiger partial charge in [-0.05, 0) is 34.6 Å². The standard InChI is InChI=1S/C4H13N3.5C2H4O2.Fe/c5-1-3-7-4-2-6;5*1-2(3)4;/h7H,1-6H2;5*1H3,(H,3,4);/q;;;;;;+5/p-5. The summed E-state index contributed by atoms with van der Waals surface area (Å²) < 4.78 is 0. The fraction of sp³-hybridized carbons (Fsp3) is 0.643. The zero-order chi connectivity index (χ0) is 23.4. The normalized spacial score (nSPS) is 6.82. The number of rotatable bonds is 4. The second-order valence-corrected chi connectivity index (χ2v) is 3.79. The molecule has 0 rings (SSSR count). The maximum Gasteiger partial charge on any atom is 5.00 e. The SMILES string of the molecule is CC(=O)[O-].CC(=O)[O-].CC(=O)[O-].CC(=O)[O-].CC(=O)[O-].NCCNCCN.[Fe+5]. The molecule has 167 valence electrons. The first-order valence-electron chi connectivity index (χ1n) is 7.06. The number of nitrogens with two attached hydrogens (primary N) is 2. The van der Waals surface area contributed by atoms with Crippen molar-refractivity contribution in [3.8, 4) is 0 Å². The molecule has 0 fully saturated rings. The molecule has 14 heteroatoms. The summed E-state index contributed by atoms with van der Waals surface area (Å²) in [5, 5.41) is 47.5. The van der Waals surface area contributed by atoms with Gasteiger partial charge in [0.1, 0.15) is 0 Å². The van der Waals surface area contributed by atoms with Gasteiger partial charge in [-0.1, -0.05) is 0 Å². The van der Waals surface area contributed by atoms with Crippen LogP contribution in [0.5, 0.6) is 0 Å². The predicted octanol–water partition coefficient (Wildman–Crippen LogP) is -7.73. The topological polar surface area (TPSA) is 265 Å². The molecule has 0 saturated heterocycles. The predicted molar refractivity (Wildman–Crippen MR) is 84.4 cm³/mol. The number of carbonyl (C=O) groups is 5. The van der Waals surface area contributed by atoms with Crippen molar-refractivity contribution in [2.24, 2.45) is 11.5 Å². The van der Waals surface area contributed by atoms with E-state index in [0.717, 1.165) is 47.7 Å². The van der Waals surface area contributed by atoms with E-state index in [4.69, 9.17) is 61.0 Å². The molecule has 0 aliphatic rings. The van der Waals surface area contributed by atoms with Crippen LogP contribution in [0.3, 0.4) is 0 Å². The number of hydrogen-bond donors (Lipinski definition) is 3. The Balaban J connectivity index is -0.0000000382. The van der Waals surface area contributed by atoms with Crippen LogP contribution in [0, 0.1) is 0 Å². The molecule has 28 heavy (non-hydrogen) atoms. The molecule has 0 atom stereocenters. The smallest absolute Gasteiger partial charge is 0.550 e. The Hall–Kier alpha value is -2.25. The van der Waals surface area contributed by atoms with Crippen molar-refractivity contribution in [2.45, 2.75) is 34.6 Å². The average Bonchev–Trinajstić information content (AvgIpc) is 2.35. The summed E-state index contributed by atoms with van der Waals surface area (Å²) in [7, 11) is 0. The summed E-state index contributed by atoms with van der Waals surface area (Å²) in [4.78, 5) is 44.4. The Kier molecular flexibility index (Phi) is 71.0. The van der Waals surface area contributed by atoms with Gasteiger partial charge in [-0.25, -0.2) is 0 Å². The van der Waals surface area contributed by atoms with E-state index in [9.17, 15) is 0 Å². The molecule has 1 radical (unpaired) electrons. The average molecular weight is 454 g/mol. The maximum atomic E-state index is 8.89. The number of carboxylic acids is 5. The molecule has 0 aromatic carbocycles. The van der Waals surface area contributed by atoms with E-state index in [1.807, 2.05) is 0 Å². The van der Waals surface area contributed by atoms with Crippen LogP contribution < -0.4 is 42.3 Å². The number of aliphatic carboxylic acids is 5. The minimum Gasteiger partial charge on any atom is -0.550 e. The molecule has 0 aliphatic carbocycles. The fourth-order valence-corrected chi connectivity index (χ4v) is 0.329. The largest absolute Gasteiger partial charge is 5.00 e. The Morgan fingerprint density at radius 3 is 0.750 bits per heavy atom. The van der Waals surface area contributed by atoms with Gasteiger partial charge in [-0.15, -0.1) is 0 Å². The van der Waals surface area contributed by atoms with Crippen LogP contribution in [0.25, 0.3) is 0 Å². The molecular formula is C14H28FeN3O10. The molecular weight excluding hydrogens is 426 g/mol. The van der Waals surface area contributed by atoms with Crippen molar-refractivity contribution >= 4 is 29.8 Å². The minimum atomic E-state index is -1.08. The quantitative estimate of drug-likeness (QED) is 0.263. The summed E-state index contributed by atoms with van der Waals surface area (Å²) in [5.74, 6) is -5.42. The molecule has 0 unspecified atom stereocenters. The van der Waals surface area contributed by atoms with Gasteiger partial charge in [0.25, 0.3) is 0 Å². The van der Waals surface area contributed by atoms with Crippen molar-refractivity contribution in [3.05, 3.63) is 0 Å². The van der Waals surface area contributed by atoms with Crippen molar-refractivity contribution in [3.63, 3.8) is 0 Å². The van der Waals surface area contributed by atoms with E-state index < -0.39 is 29.8 Å².